The van der Waals surface area contributed by atoms with E-state index in [2.05, 4.69) is 15.7 Å². The Balaban J connectivity index is 1.65. The van der Waals surface area contributed by atoms with Crippen LogP contribution in [-0.2, 0) is 9.59 Å². The Hall–Kier alpha value is -4.77. The molecular weight excluding hydrogens is 466 g/mol. The average molecular weight is 482 g/mol. The highest BCUT2D eigenvalue weighted by atomic mass is 35.5. The molecule has 0 radical (unpaired) electrons. The first kappa shape index (κ1) is 23.9. The summed E-state index contributed by atoms with van der Waals surface area (Å²) in [5, 5.41) is 29.6. The van der Waals surface area contributed by atoms with Crippen LogP contribution < -0.4 is 16.1 Å². The summed E-state index contributed by atoms with van der Waals surface area (Å²) in [7, 11) is 0. The lowest BCUT2D eigenvalue weighted by Crippen LogP contribution is -2.33. The van der Waals surface area contributed by atoms with Crippen LogP contribution in [0.1, 0.15) is 15.9 Å². The van der Waals surface area contributed by atoms with E-state index in [1.807, 2.05) is 5.43 Å². The van der Waals surface area contributed by atoms with Crippen LogP contribution in [0.15, 0.2) is 71.8 Å². The molecule has 3 aromatic rings. The number of nitro benzene ring substituents is 1. The van der Waals surface area contributed by atoms with Gasteiger partial charge in [0.05, 0.1) is 22.4 Å². The minimum absolute atomic E-state index is 0.0425. The van der Waals surface area contributed by atoms with Crippen LogP contribution in [0, 0.1) is 10.1 Å². The fraction of sp³-hybridized carbons (Fsp3) is 0. The quantitative estimate of drug-likeness (QED) is 0.182. The highest BCUT2D eigenvalue weighted by molar-refractivity contribution is 6.40. The summed E-state index contributed by atoms with van der Waals surface area (Å²) >= 11 is 5.83. The molecule has 3 amide bonds. The maximum absolute atomic E-state index is 12.6. The number of phenolic OH excluding ortho intramolecular Hbond substituents is 1. The number of aromatic hydroxyl groups is 1. The van der Waals surface area contributed by atoms with Crippen LogP contribution in [0.5, 0.6) is 5.75 Å². The smallest absolute Gasteiger partial charge is 0.329 e. The van der Waals surface area contributed by atoms with E-state index in [0.717, 1.165) is 24.4 Å². The molecule has 0 saturated heterocycles. The molecule has 3 aromatic carbocycles. The van der Waals surface area contributed by atoms with Crippen molar-refractivity contribution in [2.45, 2.75) is 0 Å². The van der Waals surface area contributed by atoms with E-state index >= 15 is 0 Å². The van der Waals surface area contributed by atoms with Gasteiger partial charge in [-0.1, -0.05) is 23.7 Å². The number of amides is 3. The predicted molar refractivity (Wildman–Crippen MR) is 125 cm³/mol. The summed E-state index contributed by atoms with van der Waals surface area (Å²) in [6.45, 7) is 0. The number of non-ortho nitro benzene ring substituents is 1. The SMILES string of the molecule is O=C(NN=Cc1cc([N+](=O)[O-])ccc1O)C(=O)Nc1ccccc1C(=O)Nc1ccc(Cl)cc1. The third-order valence-corrected chi connectivity index (χ3v) is 4.57. The largest absolute Gasteiger partial charge is 0.507 e. The topological polar surface area (TPSA) is 163 Å². The van der Waals surface area contributed by atoms with Gasteiger partial charge in [0.1, 0.15) is 5.75 Å². The number of nitrogens with zero attached hydrogens (tertiary/aromatic N) is 2. The molecule has 12 heteroatoms. The molecule has 0 aliphatic rings. The Morgan fingerprint density at radius 1 is 0.971 bits per heavy atom. The summed E-state index contributed by atoms with van der Waals surface area (Å²) in [5.41, 5.74) is 2.27. The van der Waals surface area contributed by atoms with Crippen LogP contribution in [0.4, 0.5) is 17.1 Å². The Morgan fingerprint density at radius 2 is 1.68 bits per heavy atom. The molecule has 0 unspecified atom stereocenters. The van der Waals surface area contributed by atoms with E-state index in [1.165, 1.54) is 12.1 Å². The molecule has 0 fully saturated rings. The fourth-order valence-electron chi connectivity index (χ4n) is 2.67. The molecule has 11 nitrogen and oxygen atoms in total. The lowest BCUT2D eigenvalue weighted by Gasteiger charge is -2.11. The van der Waals surface area contributed by atoms with E-state index in [-0.39, 0.29) is 28.3 Å². The van der Waals surface area contributed by atoms with Gasteiger partial charge in [0, 0.05) is 28.4 Å². The third kappa shape index (κ3) is 6.14. The molecule has 0 aliphatic heterocycles. The van der Waals surface area contributed by atoms with E-state index in [1.54, 1.807) is 36.4 Å². The van der Waals surface area contributed by atoms with E-state index in [4.69, 9.17) is 11.6 Å². The first-order valence-corrected chi connectivity index (χ1v) is 9.90. The normalized spacial score (nSPS) is 10.5. The first-order chi connectivity index (χ1) is 16.2. The third-order valence-electron chi connectivity index (χ3n) is 4.32. The fourth-order valence-corrected chi connectivity index (χ4v) is 2.80. The van der Waals surface area contributed by atoms with Crippen molar-refractivity contribution in [3.8, 4) is 5.75 Å². The summed E-state index contributed by atoms with van der Waals surface area (Å²) in [6.07, 6.45) is 0.945. The van der Waals surface area contributed by atoms with Crippen molar-refractivity contribution >= 4 is 52.6 Å². The molecule has 0 aromatic heterocycles. The lowest BCUT2D eigenvalue weighted by atomic mass is 10.1. The van der Waals surface area contributed by atoms with Gasteiger partial charge < -0.3 is 15.7 Å². The van der Waals surface area contributed by atoms with Gasteiger partial charge in [-0.3, -0.25) is 24.5 Å². The van der Waals surface area contributed by atoms with E-state index in [0.29, 0.717) is 10.7 Å². The Kier molecular flexibility index (Phi) is 7.52. The number of hydrogen-bond donors (Lipinski definition) is 4. The van der Waals surface area contributed by atoms with Crippen molar-refractivity contribution in [1.82, 2.24) is 5.43 Å². The summed E-state index contributed by atoms with van der Waals surface area (Å²) in [6, 6.07) is 15.7. The average Bonchev–Trinajstić information content (AvgIpc) is 2.81. The number of phenols is 1. The molecule has 0 aliphatic carbocycles. The van der Waals surface area contributed by atoms with Gasteiger partial charge in [0.15, 0.2) is 0 Å². The van der Waals surface area contributed by atoms with Gasteiger partial charge in [-0.2, -0.15) is 5.10 Å². The number of anilines is 2. The second-order valence-electron chi connectivity index (χ2n) is 6.66. The van der Waals surface area contributed by atoms with Crippen molar-refractivity contribution < 1.29 is 24.4 Å². The molecule has 172 valence electrons. The van der Waals surface area contributed by atoms with Crippen molar-refractivity contribution in [2.75, 3.05) is 10.6 Å². The zero-order valence-electron chi connectivity index (χ0n) is 17.2. The number of hydrogen-bond acceptors (Lipinski definition) is 7. The monoisotopic (exact) mass is 481 g/mol. The predicted octanol–water partition coefficient (Wildman–Crippen LogP) is 3.29. The molecule has 0 spiro atoms. The van der Waals surface area contributed by atoms with Gasteiger partial charge in [-0.05, 0) is 42.5 Å². The summed E-state index contributed by atoms with van der Waals surface area (Å²) in [4.78, 5) is 47.1. The Labute approximate surface area is 197 Å². The van der Waals surface area contributed by atoms with Crippen LogP contribution in [-0.4, -0.2) is 34.0 Å². The molecule has 3 rings (SSSR count). The number of rotatable bonds is 6. The first-order valence-electron chi connectivity index (χ1n) is 9.52. The number of carbonyl (C=O) groups excluding carboxylic acids is 3. The van der Waals surface area contributed by atoms with E-state index in [9.17, 15) is 29.6 Å². The zero-order valence-corrected chi connectivity index (χ0v) is 17.9. The zero-order chi connectivity index (χ0) is 24.7. The molecule has 4 N–H and O–H groups in total. The number of benzene rings is 3. The van der Waals surface area contributed by atoms with Crippen molar-refractivity contribution in [1.29, 1.82) is 0 Å². The van der Waals surface area contributed by atoms with Crippen molar-refractivity contribution in [3.63, 3.8) is 0 Å². The summed E-state index contributed by atoms with van der Waals surface area (Å²) in [5.74, 6) is -3.13. The highest BCUT2D eigenvalue weighted by Crippen LogP contribution is 2.21. The standard InChI is InChI=1S/C22H16ClN5O6/c23-14-5-7-15(8-6-14)25-20(30)17-3-1-2-4-18(17)26-21(31)22(32)27-24-12-13-11-16(28(33)34)9-10-19(13)29/h1-12,29H,(H,25,30)(H,26,31)(H,27,32). The van der Waals surface area contributed by atoms with Gasteiger partial charge in [-0.15, -0.1) is 0 Å². The van der Waals surface area contributed by atoms with Crippen LogP contribution in [0.2, 0.25) is 5.02 Å². The number of carbonyl (C=O) groups is 3. The van der Waals surface area contributed by atoms with Crippen molar-refractivity contribution in [2.24, 2.45) is 5.10 Å². The second kappa shape index (κ2) is 10.7. The molecule has 0 heterocycles. The molecule has 34 heavy (non-hydrogen) atoms. The lowest BCUT2D eigenvalue weighted by molar-refractivity contribution is -0.384. The molecular formula is C22H16ClN5O6. The summed E-state index contributed by atoms with van der Waals surface area (Å²) < 4.78 is 0. The van der Waals surface area contributed by atoms with Crippen LogP contribution in [0.3, 0.4) is 0 Å². The van der Waals surface area contributed by atoms with E-state index < -0.39 is 22.6 Å². The number of hydrazone groups is 1. The van der Waals surface area contributed by atoms with Gasteiger partial charge in [0.25, 0.3) is 11.6 Å². The molecule has 0 bridgehead atoms. The molecule has 0 saturated carbocycles. The Morgan fingerprint density at radius 3 is 2.38 bits per heavy atom. The number of nitrogens with one attached hydrogen (secondary N) is 3. The van der Waals surface area contributed by atoms with Gasteiger partial charge in [-0.25, -0.2) is 5.43 Å². The number of nitro groups is 1. The number of halogens is 1. The number of para-hydroxylation sites is 1. The van der Waals surface area contributed by atoms with Gasteiger partial charge in [0.2, 0.25) is 0 Å². The van der Waals surface area contributed by atoms with Crippen LogP contribution >= 0.6 is 11.6 Å². The minimum atomic E-state index is -1.17. The van der Waals surface area contributed by atoms with Crippen LogP contribution in [0.25, 0.3) is 0 Å². The maximum atomic E-state index is 12.6. The minimum Gasteiger partial charge on any atom is -0.507 e. The maximum Gasteiger partial charge on any atom is 0.329 e. The Bertz CT molecular complexity index is 1290. The van der Waals surface area contributed by atoms with Crippen molar-refractivity contribution in [3.05, 3.63) is 93.0 Å². The second-order valence-corrected chi connectivity index (χ2v) is 7.10. The molecule has 0 atom stereocenters. The highest BCUT2D eigenvalue weighted by Gasteiger charge is 2.18. The van der Waals surface area contributed by atoms with Gasteiger partial charge >= 0.3 is 11.8 Å².